The third-order valence-electron chi connectivity index (χ3n) is 4.01. The summed E-state index contributed by atoms with van der Waals surface area (Å²) in [5.74, 6) is -0.685. The maximum atomic E-state index is 13.0. The molecule has 0 radical (unpaired) electrons. The molecule has 0 heterocycles. The van der Waals surface area contributed by atoms with Gasteiger partial charge < -0.3 is 0 Å². The van der Waals surface area contributed by atoms with Crippen LogP contribution in [0.3, 0.4) is 0 Å². The quantitative estimate of drug-likeness (QED) is 0.599. The summed E-state index contributed by atoms with van der Waals surface area (Å²) in [5.41, 5.74) is 0.419. The molecular weight excluding hydrogens is 358 g/mol. The van der Waals surface area contributed by atoms with Gasteiger partial charge in [0.2, 0.25) is 0 Å². The summed E-state index contributed by atoms with van der Waals surface area (Å²) in [6.07, 6.45) is 4.30. The first-order valence-corrected chi connectivity index (χ1v) is 9.75. The average Bonchev–Trinajstić information content (AvgIpc) is 2.58. The fourth-order valence-corrected chi connectivity index (χ4v) is 5.51. The fraction of sp³-hybridized carbons (Fsp3) is 0.316. The number of carbonyl (C=O) groups is 1. The molecule has 1 aliphatic carbocycles. The molecule has 2 unspecified atom stereocenters. The molecule has 2 aromatic carbocycles. The van der Waals surface area contributed by atoms with E-state index in [2.05, 4.69) is 24.3 Å². The van der Waals surface area contributed by atoms with Crippen molar-refractivity contribution in [2.75, 3.05) is 0 Å². The monoisotopic (exact) mass is 378 g/mol. The van der Waals surface area contributed by atoms with Gasteiger partial charge in [-0.25, -0.2) is 0 Å². The Balaban J connectivity index is 1.66. The van der Waals surface area contributed by atoms with E-state index in [4.69, 9.17) is 4.74 Å². The number of halogens is 1. The van der Waals surface area contributed by atoms with E-state index < -0.39 is 0 Å². The predicted octanol–water partition coefficient (Wildman–Crippen LogP) is 3.74. The summed E-state index contributed by atoms with van der Waals surface area (Å²) in [5, 5.41) is 0. The van der Waals surface area contributed by atoms with Crippen molar-refractivity contribution in [3.05, 3.63) is 66.0 Å². The molecule has 2 atom stereocenters. The van der Waals surface area contributed by atoms with Crippen LogP contribution in [0, 0.1) is 5.82 Å². The second kappa shape index (κ2) is 7.76. The van der Waals surface area contributed by atoms with E-state index in [1.165, 1.54) is 35.1 Å². The Kier molecular flexibility index (Phi) is 5.47. The first kappa shape index (κ1) is 16.2. The van der Waals surface area contributed by atoms with Crippen LogP contribution in [0.2, 0.25) is 4.82 Å². The van der Waals surface area contributed by atoms with Crippen molar-refractivity contribution in [2.45, 2.75) is 36.6 Å². The van der Waals surface area contributed by atoms with Crippen molar-refractivity contribution in [1.82, 2.24) is 0 Å². The molecule has 3 rings (SSSR count). The summed E-state index contributed by atoms with van der Waals surface area (Å²) in [6.45, 7) is 0. The fourth-order valence-electron chi connectivity index (χ4n) is 2.80. The Hall–Kier alpha value is -1.64. The van der Waals surface area contributed by atoms with Crippen LogP contribution in [0.15, 0.2) is 54.6 Å². The van der Waals surface area contributed by atoms with Crippen molar-refractivity contribution in [3.8, 4) is 0 Å². The molecule has 0 aliphatic heterocycles. The van der Waals surface area contributed by atoms with Gasteiger partial charge in [-0.1, -0.05) is 0 Å². The standard InChI is InChI=1S/C19H19FO2Se/c20-15-12-10-14(11-13-15)19(21)22-17-8-4-5-9-18(17)23-16-6-2-1-3-7-16/h1-3,6-7,10-13,17-18H,4-5,8-9H2. The summed E-state index contributed by atoms with van der Waals surface area (Å²) in [6, 6.07) is 16.0. The molecular formula is C19H19FO2Se. The molecule has 0 amide bonds. The third-order valence-corrected chi connectivity index (χ3v) is 6.92. The maximum absolute atomic E-state index is 13.0. The molecule has 2 nitrogen and oxygen atoms in total. The Morgan fingerprint density at radius 3 is 2.43 bits per heavy atom. The van der Waals surface area contributed by atoms with Crippen LogP contribution in [-0.4, -0.2) is 27.0 Å². The van der Waals surface area contributed by atoms with E-state index in [9.17, 15) is 9.18 Å². The Labute approximate surface area is 142 Å². The minimum atomic E-state index is -0.343. The van der Waals surface area contributed by atoms with Gasteiger partial charge in [-0.15, -0.1) is 0 Å². The first-order valence-electron chi connectivity index (χ1n) is 7.90. The third kappa shape index (κ3) is 4.43. The van der Waals surface area contributed by atoms with Crippen LogP contribution < -0.4 is 4.46 Å². The van der Waals surface area contributed by atoms with Gasteiger partial charge in [0.15, 0.2) is 0 Å². The number of hydrogen-bond donors (Lipinski definition) is 0. The van der Waals surface area contributed by atoms with Crippen molar-refractivity contribution in [3.63, 3.8) is 0 Å². The van der Waals surface area contributed by atoms with Crippen LogP contribution in [0.1, 0.15) is 36.0 Å². The van der Waals surface area contributed by atoms with Crippen molar-refractivity contribution in [2.24, 2.45) is 0 Å². The minimum absolute atomic E-state index is 0.0264. The molecule has 0 saturated heterocycles. The van der Waals surface area contributed by atoms with Crippen LogP contribution in [0.5, 0.6) is 0 Å². The van der Waals surface area contributed by atoms with Crippen LogP contribution in [0.25, 0.3) is 0 Å². The van der Waals surface area contributed by atoms with Gasteiger partial charge in [-0.2, -0.15) is 0 Å². The van der Waals surface area contributed by atoms with Gasteiger partial charge in [-0.05, 0) is 0 Å². The molecule has 4 heteroatoms. The normalized spacial score (nSPS) is 20.9. The summed E-state index contributed by atoms with van der Waals surface area (Å²) < 4.78 is 20.1. The molecule has 1 saturated carbocycles. The zero-order valence-corrected chi connectivity index (χ0v) is 14.5. The molecule has 0 N–H and O–H groups in total. The van der Waals surface area contributed by atoms with E-state index in [1.807, 2.05) is 6.07 Å². The first-order chi connectivity index (χ1) is 11.2. The zero-order chi connectivity index (χ0) is 16.1. The Morgan fingerprint density at radius 1 is 1.00 bits per heavy atom. The number of rotatable bonds is 4. The molecule has 120 valence electrons. The Morgan fingerprint density at radius 2 is 1.70 bits per heavy atom. The van der Waals surface area contributed by atoms with Gasteiger partial charge in [-0.3, -0.25) is 0 Å². The van der Waals surface area contributed by atoms with Crippen LogP contribution >= 0.6 is 0 Å². The Bertz CT molecular complexity index is 642. The van der Waals surface area contributed by atoms with Crippen LogP contribution in [-0.2, 0) is 4.74 Å². The molecule has 0 aromatic heterocycles. The molecule has 23 heavy (non-hydrogen) atoms. The number of carbonyl (C=O) groups excluding carboxylic acids is 1. The van der Waals surface area contributed by atoms with E-state index in [0.717, 1.165) is 19.3 Å². The van der Waals surface area contributed by atoms with Gasteiger partial charge in [0, 0.05) is 0 Å². The van der Waals surface area contributed by atoms with E-state index >= 15 is 0 Å². The van der Waals surface area contributed by atoms with Gasteiger partial charge in [0.05, 0.1) is 0 Å². The number of hydrogen-bond acceptors (Lipinski definition) is 2. The van der Waals surface area contributed by atoms with E-state index in [-0.39, 0.29) is 17.9 Å². The van der Waals surface area contributed by atoms with Crippen molar-refractivity contribution in [1.29, 1.82) is 0 Å². The second-order valence-electron chi connectivity index (χ2n) is 5.70. The van der Waals surface area contributed by atoms with Gasteiger partial charge in [0.1, 0.15) is 0 Å². The summed E-state index contributed by atoms with van der Waals surface area (Å²) >= 11 is 0.301. The van der Waals surface area contributed by atoms with Crippen molar-refractivity contribution < 1.29 is 13.9 Å². The van der Waals surface area contributed by atoms with Crippen LogP contribution in [0.4, 0.5) is 4.39 Å². The summed E-state index contributed by atoms with van der Waals surface area (Å²) in [7, 11) is 0. The topological polar surface area (TPSA) is 26.3 Å². The summed E-state index contributed by atoms with van der Waals surface area (Å²) in [4.78, 5) is 12.7. The molecule has 0 bridgehead atoms. The SMILES string of the molecule is O=C(OC1CCCCC1[Se]c1ccccc1)c1ccc(F)cc1. The number of benzene rings is 2. The molecule has 1 aliphatic rings. The number of ether oxygens (including phenoxy) is 1. The van der Waals surface area contributed by atoms with Gasteiger partial charge >= 0.3 is 142 Å². The zero-order valence-electron chi connectivity index (χ0n) is 12.8. The molecule has 0 spiro atoms. The number of esters is 1. The second-order valence-corrected chi connectivity index (χ2v) is 8.46. The molecule has 2 aromatic rings. The predicted molar refractivity (Wildman–Crippen MR) is 89.7 cm³/mol. The van der Waals surface area contributed by atoms with Gasteiger partial charge in [0.25, 0.3) is 0 Å². The van der Waals surface area contributed by atoms with Crippen molar-refractivity contribution >= 4 is 25.4 Å². The average molecular weight is 377 g/mol. The van der Waals surface area contributed by atoms with E-state index in [0.29, 0.717) is 25.3 Å². The van der Waals surface area contributed by atoms with E-state index in [1.54, 1.807) is 0 Å². The molecule has 1 fully saturated rings.